The summed E-state index contributed by atoms with van der Waals surface area (Å²) in [5.74, 6) is 0.536. The van der Waals surface area contributed by atoms with Gasteiger partial charge in [-0.3, -0.25) is 4.79 Å². The third-order valence-corrected chi connectivity index (χ3v) is 6.78. The highest BCUT2D eigenvalue weighted by Gasteiger charge is 2.26. The van der Waals surface area contributed by atoms with E-state index in [0.717, 1.165) is 19.7 Å². The van der Waals surface area contributed by atoms with Crippen LogP contribution in [0, 0.1) is 13.8 Å². The van der Waals surface area contributed by atoms with Crippen molar-refractivity contribution in [3.05, 3.63) is 71.1 Å². The first-order valence-electron chi connectivity index (χ1n) is 10.2. The normalized spacial score (nSPS) is 11.8. The number of carboxylic acids is 1. The second kappa shape index (κ2) is 10.2. The van der Waals surface area contributed by atoms with Crippen LogP contribution in [0.1, 0.15) is 22.6 Å². The molecule has 9 nitrogen and oxygen atoms in total. The van der Waals surface area contributed by atoms with Crippen molar-refractivity contribution in [2.75, 3.05) is 20.6 Å². The molecule has 1 heterocycles. The molecule has 0 aliphatic rings. The summed E-state index contributed by atoms with van der Waals surface area (Å²) in [6, 6.07) is 14.7. The van der Waals surface area contributed by atoms with Crippen LogP contribution in [-0.2, 0) is 28.2 Å². The summed E-state index contributed by atoms with van der Waals surface area (Å²) >= 11 is 0. The number of aromatic nitrogens is 1. The average molecular weight is 474 g/mol. The fourth-order valence-electron chi connectivity index (χ4n) is 3.03. The molecule has 3 rings (SSSR count). The van der Waals surface area contributed by atoms with Gasteiger partial charge in [0, 0.05) is 26.2 Å². The number of aliphatic carboxylic acids is 1. The first-order valence-corrected chi connectivity index (χ1v) is 11.6. The molecule has 0 spiro atoms. The molecule has 0 saturated carbocycles. The standard InChI is InChI=1S/C23H27N3O6S/c1-16-5-9-19(10-6-16)23-24-21(17(2)32-23)15-31-20-11-7-18(8-12-20)13-26(14-22(27)28)33(29,30)25(3)4/h5-12H,13-15H2,1-4H3,(H,27,28). The molecule has 0 amide bonds. The highest BCUT2D eigenvalue weighted by molar-refractivity contribution is 7.86. The van der Waals surface area contributed by atoms with Crippen molar-refractivity contribution in [1.29, 1.82) is 0 Å². The van der Waals surface area contributed by atoms with Gasteiger partial charge in [-0.25, -0.2) is 4.98 Å². The number of hydrogen-bond acceptors (Lipinski definition) is 6. The lowest BCUT2D eigenvalue weighted by molar-refractivity contribution is -0.137. The molecule has 33 heavy (non-hydrogen) atoms. The Balaban J connectivity index is 1.66. The van der Waals surface area contributed by atoms with Crippen LogP contribution in [-0.4, -0.2) is 53.7 Å². The summed E-state index contributed by atoms with van der Waals surface area (Å²) in [6.45, 7) is 3.35. The van der Waals surface area contributed by atoms with Crippen molar-refractivity contribution in [3.8, 4) is 17.2 Å². The first kappa shape index (κ1) is 24.4. The highest BCUT2D eigenvalue weighted by Crippen LogP contribution is 2.23. The van der Waals surface area contributed by atoms with E-state index in [2.05, 4.69) is 4.98 Å². The largest absolute Gasteiger partial charge is 0.487 e. The minimum Gasteiger partial charge on any atom is -0.487 e. The number of carbonyl (C=O) groups is 1. The summed E-state index contributed by atoms with van der Waals surface area (Å²) in [7, 11) is -1.16. The fourth-order valence-corrected chi connectivity index (χ4v) is 4.08. The van der Waals surface area contributed by atoms with Crippen LogP contribution in [0.4, 0.5) is 0 Å². The molecule has 1 N–H and O–H groups in total. The van der Waals surface area contributed by atoms with Gasteiger partial charge >= 0.3 is 5.97 Å². The van der Waals surface area contributed by atoms with Crippen molar-refractivity contribution in [2.45, 2.75) is 27.0 Å². The third-order valence-electron chi connectivity index (χ3n) is 4.95. The SMILES string of the molecule is Cc1ccc(-c2nc(COc3ccc(CN(CC(=O)O)S(=O)(=O)N(C)C)cc3)c(C)o2)cc1. The van der Waals surface area contributed by atoms with E-state index in [1.54, 1.807) is 24.3 Å². The van der Waals surface area contributed by atoms with Crippen LogP contribution in [0.2, 0.25) is 0 Å². The Labute approximate surface area is 193 Å². The average Bonchev–Trinajstić information content (AvgIpc) is 3.13. The lowest BCUT2D eigenvalue weighted by Gasteiger charge is -2.24. The van der Waals surface area contributed by atoms with E-state index in [1.807, 2.05) is 38.1 Å². The molecular weight excluding hydrogens is 446 g/mol. The van der Waals surface area contributed by atoms with E-state index in [4.69, 9.17) is 14.3 Å². The van der Waals surface area contributed by atoms with Crippen LogP contribution in [0.15, 0.2) is 52.9 Å². The molecule has 176 valence electrons. The van der Waals surface area contributed by atoms with Gasteiger partial charge in [-0.15, -0.1) is 0 Å². The molecule has 1 aromatic heterocycles. The molecule has 0 atom stereocenters. The van der Waals surface area contributed by atoms with Crippen LogP contribution < -0.4 is 4.74 Å². The van der Waals surface area contributed by atoms with Crippen LogP contribution in [0.25, 0.3) is 11.5 Å². The molecule has 0 aliphatic heterocycles. The van der Waals surface area contributed by atoms with Gasteiger partial charge in [0.2, 0.25) is 5.89 Å². The smallest absolute Gasteiger partial charge is 0.318 e. The molecule has 0 unspecified atom stereocenters. The summed E-state index contributed by atoms with van der Waals surface area (Å²) in [5.41, 5.74) is 3.35. The van der Waals surface area contributed by atoms with Crippen LogP contribution in [0.5, 0.6) is 5.75 Å². The Morgan fingerprint density at radius 2 is 1.70 bits per heavy atom. The Morgan fingerprint density at radius 1 is 1.06 bits per heavy atom. The molecule has 0 fully saturated rings. The van der Waals surface area contributed by atoms with E-state index in [9.17, 15) is 13.2 Å². The van der Waals surface area contributed by atoms with Gasteiger partial charge in [-0.1, -0.05) is 29.8 Å². The van der Waals surface area contributed by atoms with Crippen molar-refractivity contribution < 1.29 is 27.5 Å². The van der Waals surface area contributed by atoms with Crippen molar-refractivity contribution in [1.82, 2.24) is 13.6 Å². The van der Waals surface area contributed by atoms with Gasteiger partial charge in [0.05, 0.1) is 0 Å². The van der Waals surface area contributed by atoms with Crippen LogP contribution >= 0.6 is 0 Å². The van der Waals surface area contributed by atoms with Crippen LogP contribution in [0.3, 0.4) is 0 Å². The van der Waals surface area contributed by atoms with Crippen molar-refractivity contribution >= 4 is 16.2 Å². The third kappa shape index (κ3) is 6.19. The number of nitrogens with zero attached hydrogens (tertiary/aromatic N) is 3. The molecule has 0 aliphatic carbocycles. The zero-order valence-electron chi connectivity index (χ0n) is 19.0. The van der Waals surface area contributed by atoms with E-state index >= 15 is 0 Å². The summed E-state index contributed by atoms with van der Waals surface area (Å²) in [4.78, 5) is 15.6. The number of rotatable bonds is 10. The summed E-state index contributed by atoms with van der Waals surface area (Å²) < 4.78 is 38.3. The van der Waals surface area contributed by atoms with Gasteiger partial charge in [0.25, 0.3) is 10.2 Å². The fraction of sp³-hybridized carbons (Fsp3) is 0.304. The lowest BCUT2D eigenvalue weighted by atomic mass is 10.1. The molecule has 0 saturated heterocycles. The highest BCUT2D eigenvalue weighted by atomic mass is 32.2. The maximum Gasteiger partial charge on any atom is 0.318 e. The molecule has 2 aromatic carbocycles. The quantitative estimate of drug-likeness (QED) is 0.481. The molecule has 3 aromatic rings. The van der Waals surface area contributed by atoms with E-state index < -0.39 is 22.7 Å². The Morgan fingerprint density at radius 3 is 2.27 bits per heavy atom. The predicted molar refractivity (Wildman–Crippen MR) is 123 cm³/mol. The molecule has 10 heteroatoms. The topological polar surface area (TPSA) is 113 Å². The van der Waals surface area contributed by atoms with Gasteiger partial charge < -0.3 is 14.3 Å². The van der Waals surface area contributed by atoms with E-state index in [1.165, 1.54) is 14.1 Å². The van der Waals surface area contributed by atoms with Crippen molar-refractivity contribution in [2.24, 2.45) is 0 Å². The molecular formula is C23H27N3O6S. The van der Waals surface area contributed by atoms with Gasteiger partial charge in [0.1, 0.15) is 30.4 Å². The maximum atomic E-state index is 12.4. The van der Waals surface area contributed by atoms with Gasteiger partial charge in [-0.05, 0) is 43.7 Å². The Hall–Kier alpha value is -3.21. The van der Waals surface area contributed by atoms with Gasteiger partial charge in [0.15, 0.2) is 0 Å². The number of carboxylic acid groups (broad SMARTS) is 1. The number of ether oxygens (including phenoxy) is 1. The Kier molecular flexibility index (Phi) is 7.52. The zero-order chi connectivity index (χ0) is 24.2. The second-order valence-electron chi connectivity index (χ2n) is 7.77. The zero-order valence-corrected chi connectivity index (χ0v) is 19.8. The number of oxazole rings is 1. The maximum absolute atomic E-state index is 12.4. The lowest BCUT2D eigenvalue weighted by Crippen LogP contribution is -2.42. The monoisotopic (exact) mass is 473 g/mol. The molecule has 0 radical (unpaired) electrons. The van der Waals surface area contributed by atoms with Gasteiger partial charge in [-0.2, -0.15) is 17.0 Å². The predicted octanol–water partition coefficient (Wildman–Crippen LogP) is 3.23. The summed E-state index contributed by atoms with van der Waals surface area (Å²) in [5, 5.41) is 9.08. The summed E-state index contributed by atoms with van der Waals surface area (Å²) in [6.07, 6.45) is 0. The minimum absolute atomic E-state index is 0.0740. The number of hydrogen-bond donors (Lipinski definition) is 1. The number of benzene rings is 2. The van der Waals surface area contributed by atoms with E-state index in [-0.39, 0.29) is 13.2 Å². The first-order chi connectivity index (χ1) is 15.6. The van der Waals surface area contributed by atoms with Crippen molar-refractivity contribution in [3.63, 3.8) is 0 Å². The van der Waals surface area contributed by atoms with E-state index in [0.29, 0.717) is 28.7 Å². The second-order valence-corrected chi connectivity index (χ2v) is 9.91. The Bertz CT molecular complexity index is 1200. The molecule has 0 bridgehead atoms. The minimum atomic E-state index is -3.88. The number of aryl methyl sites for hydroxylation is 2.